The predicted octanol–water partition coefficient (Wildman–Crippen LogP) is 2.81. The van der Waals surface area contributed by atoms with E-state index in [0.717, 1.165) is 22.8 Å². The van der Waals surface area contributed by atoms with Gasteiger partial charge in [0.25, 0.3) is 0 Å². The van der Waals surface area contributed by atoms with Crippen LogP contribution in [0.25, 0.3) is 10.7 Å². The van der Waals surface area contributed by atoms with Crippen molar-refractivity contribution in [1.29, 1.82) is 0 Å². The quantitative estimate of drug-likeness (QED) is 0.301. The minimum absolute atomic E-state index is 0.197. The average molecular weight is 433 g/mol. The van der Waals surface area contributed by atoms with E-state index in [2.05, 4.69) is 26.4 Å². The fourth-order valence-corrected chi connectivity index (χ4v) is 4.03. The monoisotopic (exact) mass is 432 g/mol. The van der Waals surface area contributed by atoms with Gasteiger partial charge in [0.05, 0.1) is 10.6 Å². The lowest BCUT2D eigenvalue weighted by Crippen LogP contribution is -2.47. The van der Waals surface area contributed by atoms with E-state index in [1.54, 1.807) is 11.3 Å². The number of hydrazine groups is 1. The van der Waals surface area contributed by atoms with Gasteiger partial charge in [0.1, 0.15) is 0 Å². The minimum atomic E-state index is -0.197. The average Bonchev–Trinajstić information content (AvgIpc) is 3.39. The smallest absolute Gasteiger partial charge is 0.248 e. The van der Waals surface area contributed by atoms with Gasteiger partial charge in [-0.15, -0.1) is 21.5 Å². The van der Waals surface area contributed by atoms with Gasteiger partial charge < -0.3 is 9.88 Å². The zero-order valence-electron chi connectivity index (χ0n) is 15.2. The first kappa shape index (κ1) is 20.3. The van der Waals surface area contributed by atoms with Gasteiger partial charge in [0.2, 0.25) is 5.91 Å². The van der Waals surface area contributed by atoms with Crippen molar-refractivity contribution < 1.29 is 4.79 Å². The Morgan fingerprint density at radius 1 is 1.18 bits per heavy atom. The van der Waals surface area contributed by atoms with Crippen molar-refractivity contribution in [2.75, 3.05) is 5.75 Å². The molecule has 7 nitrogen and oxygen atoms in total. The van der Waals surface area contributed by atoms with Crippen LogP contribution in [0.5, 0.6) is 0 Å². The SMILES string of the molecule is CCn1c(SCC(=O)NNC(=S)NCc2ccccc2)nnc1-c1cccs1. The number of nitrogens with zero attached hydrogens (tertiary/aromatic N) is 3. The maximum Gasteiger partial charge on any atom is 0.248 e. The lowest BCUT2D eigenvalue weighted by atomic mass is 10.2. The van der Waals surface area contributed by atoms with Gasteiger partial charge in [-0.1, -0.05) is 48.2 Å². The Hall–Kier alpha value is -2.43. The summed E-state index contributed by atoms with van der Waals surface area (Å²) in [6.45, 7) is 3.35. The maximum absolute atomic E-state index is 12.1. The van der Waals surface area contributed by atoms with Crippen LogP contribution in [-0.2, 0) is 17.9 Å². The number of benzene rings is 1. The Kier molecular flexibility index (Phi) is 7.40. The van der Waals surface area contributed by atoms with Gasteiger partial charge >= 0.3 is 0 Å². The second-order valence-electron chi connectivity index (χ2n) is 5.66. The zero-order valence-corrected chi connectivity index (χ0v) is 17.7. The highest BCUT2D eigenvalue weighted by Gasteiger charge is 2.15. The van der Waals surface area contributed by atoms with Gasteiger partial charge in [-0.3, -0.25) is 15.6 Å². The molecule has 0 saturated heterocycles. The van der Waals surface area contributed by atoms with Gasteiger partial charge in [0.15, 0.2) is 16.1 Å². The van der Waals surface area contributed by atoms with Gasteiger partial charge in [-0.05, 0) is 36.2 Å². The molecule has 0 spiro atoms. The van der Waals surface area contributed by atoms with Crippen molar-refractivity contribution in [3.05, 3.63) is 53.4 Å². The van der Waals surface area contributed by atoms with Crippen molar-refractivity contribution in [2.24, 2.45) is 0 Å². The van der Waals surface area contributed by atoms with E-state index in [9.17, 15) is 4.79 Å². The minimum Gasteiger partial charge on any atom is -0.357 e. The molecule has 0 unspecified atom stereocenters. The zero-order chi connectivity index (χ0) is 19.8. The van der Waals surface area contributed by atoms with Crippen molar-refractivity contribution in [3.8, 4) is 10.7 Å². The van der Waals surface area contributed by atoms with E-state index in [1.165, 1.54) is 11.8 Å². The van der Waals surface area contributed by atoms with E-state index in [4.69, 9.17) is 12.2 Å². The molecular formula is C18H20N6OS3. The summed E-state index contributed by atoms with van der Waals surface area (Å²) in [5.41, 5.74) is 6.41. The van der Waals surface area contributed by atoms with Crippen LogP contribution in [0.4, 0.5) is 0 Å². The maximum atomic E-state index is 12.1. The molecule has 28 heavy (non-hydrogen) atoms. The number of thioether (sulfide) groups is 1. The highest BCUT2D eigenvalue weighted by Crippen LogP contribution is 2.26. The Morgan fingerprint density at radius 3 is 2.71 bits per heavy atom. The summed E-state index contributed by atoms with van der Waals surface area (Å²) in [5.74, 6) is 0.832. The number of thiophene rings is 1. The molecule has 0 bridgehead atoms. The summed E-state index contributed by atoms with van der Waals surface area (Å²) in [4.78, 5) is 13.2. The molecule has 10 heteroatoms. The van der Waals surface area contributed by atoms with Gasteiger partial charge in [-0.25, -0.2) is 0 Å². The highest BCUT2D eigenvalue weighted by atomic mass is 32.2. The van der Waals surface area contributed by atoms with Crippen molar-refractivity contribution >= 4 is 46.3 Å². The Bertz CT molecular complexity index is 911. The number of aromatic nitrogens is 3. The van der Waals surface area contributed by atoms with Crippen LogP contribution in [0.3, 0.4) is 0 Å². The first-order valence-corrected chi connectivity index (χ1v) is 10.9. The van der Waals surface area contributed by atoms with Crippen molar-refractivity contribution in [2.45, 2.75) is 25.2 Å². The number of nitrogens with one attached hydrogen (secondary N) is 3. The van der Waals surface area contributed by atoms with Crippen LogP contribution in [0.15, 0.2) is 53.0 Å². The third-order valence-electron chi connectivity index (χ3n) is 3.72. The summed E-state index contributed by atoms with van der Waals surface area (Å²) in [6.07, 6.45) is 0. The summed E-state index contributed by atoms with van der Waals surface area (Å²) in [6, 6.07) is 13.9. The van der Waals surface area contributed by atoms with E-state index in [1.807, 2.05) is 59.3 Å². The fourth-order valence-electron chi connectivity index (χ4n) is 2.38. The molecule has 0 aliphatic carbocycles. The molecule has 1 aromatic carbocycles. The Morgan fingerprint density at radius 2 is 2.00 bits per heavy atom. The van der Waals surface area contributed by atoms with E-state index >= 15 is 0 Å². The number of thiocarbonyl (C=S) groups is 1. The predicted molar refractivity (Wildman–Crippen MR) is 117 cm³/mol. The highest BCUT2D eigenvalue weighted by molar-refractivity contribution is 7.99. The molecule has 0 fully saturated rings. The molecule has 146 valence electrons. The summed E-state index contributed by atoms with van der Waals surface area (Å²) in [5, 5.41) is 14.6. The first-order chi connectivity index (χ1) is 13.7. The Labute approximate surface area is 176 Å². The standard InChI is InChI=1S/C18H20N6OS3/c1-2-24-16(14-9-6-10-27-14)21-23-18(24)28-12-15(25)20-22-17(26)19-11-13-7-4-3-5-8-13/h3-10H,2,11-12H2,1H3,(H,20,25)(H2,19,22,26). The molecule has 3 aromatic rings. The second-order valence-corrected chi connectivity index (χ2v) is 7.96. The van der Waals surface area contributed by atoms with Gasteiger partial charge in [0, 0.05) is 13.1 Å². The molecule has 1 amide bonds. The van der Waals surface area contributed by atoms with Crippen molar-refractivity contribution in [1.82, 2.24) is 30.9 Å². The lowest BCUT2D eigenvalue weighted by Gasteiger charge is -2.11. The van der Waals surface area contributed by atoms with Crippen LogP contribution in [-0.4, -0.2) is 31.5 Å². The van der Waals surface area contributed by atoms with E-state index < -0.39 is 0 Å². The molecule has 3 N–H and O–H groups in total. The lowest BCUT2D eigenvalue weighted by molar-refractivity contribution is -0.119. The number of carbonyl (C=O) groups excluding carboxylic acids is 1. The van der Waals surface area contributed by atoms with Crippen LogP contribution >= 0.6 is 35.3 Å². The van der Waals surface area contributed by atoms with Gasteiger partial charge in [-0.2, -0.15) is 0 Å². The first-order valence-electron chi connectivity index (χ1n) is 8.64. The van der Waals surface area contributed by atoms with Crippen molar-refractivity contribution in [3.63, 3.8) is 0 Å². The molecule has 0 aliphatic heterocycles. The molecule has 2 heterocycles. The molecule has 2 aromatic heterocycles. The molecule has 0 radical (unpaired) electrons. The van der Waals surface area contributed by atoms with Crippen LogP contribution < -0.4 is 16.2 Å². The molecule has 0 aliphatic rings. The summed E-state index contributed by atoms with van der Waals surface area (Å²) < 4.78 is 2.00. The largest absolute Gasteiger partial charge is 0.357 e. The number of hydrogen-bond acceptors (Lipinski definition) is 6. The van der Waals surface area contributed by atoms with Crippen LogP contribution in [0.1, 0.15) is 12.5 Å². The van der Waals surface area contributed by atoms with E-state index in [-0.39, 0.29) is 11.7 Å². The van der Waals surface area contributed by atoms with E-state index in [0.29, 0.717) is 16.8 Å². The number of rotatable bonds is 7. The third-order valence-corrected chi connectivity index (χ3v) is 5.80. The topological polar surface area (TPSA) is 83.9 Å². The number of carbonyl (C=O) groups is 1. The number of hydrogen-bond donors (Lipinski definition) is 3. The summed E-state index contributed by atoms with van der Waals surface area (Å²) in [7, 11) is 0. The van der Waals surface area contributed by atoms with Crippen LogP contribution in [0, 0.1) is 0 Å². The summed E-state index contributed by atoms with van der Waals surface area (Å²) >= 11 is 8.12. The second kappa shape index (κ2) is 10.2. The van der Waals surface area contributed by atoms with Crippen LogP contribution in [0.2, 0.25) is 0 Å². The molecule has 0 atom stereocenters. The fraction of sp³-hybridized carbons (Fsp3) is 0.222. The molecule has 3 rings (SSSR count). The molecule has 0 saturated carbocycles. The Balaban J connectivity index is 1.44. The third kappa shape index (κ3) is 5.54. The normalized spacial score (nSPS) is 10.5. The molecular weight excluding hydrogens is 412 g/mol. The number of amides is 1.